The molecule has 5 nitrogen and oxygen atoms in total. The summed E-state index contributed by atoms with van der Waals surface area (Å²) in [6.07, 6.45) is 2.55. The quantitative estimate of drug-likeness (QED) is 0.572. The van der Waals surface area contributed by atoms with Crippen molar-refractivity contribution in [3.8, 4) is 11.5 Å². The molecule has 0 radical (unpaired) electrons. The van der Waals surface area contributed by atoms with E-state index in [1.807, 2.05) is 31.2 Å². The van der Waals surface area contributed by atoms with Gasteiger partial charge in [-0.2, -0.15) is 0 Å². The van der Waals surface area contributed by atoms with Gasteiger partial charge in [-0.05, 0) is 37.1 Å². The van der Waals surface area contributed by atoms with Crippen LogP contribution in [0.2, 0.25) is 0 Å². The van der Waals surface area contributed by atoms with Crippen molar-refractivity contribution in [3.05, 3.63) is 72.3 Å². The molecule has 1 aliphatic heterocycles. The van der Waals surface area contributed by atoms with E-state index in [0.29, 0.717) is 19.3 Å². The van der Waals surface area contributed by atoms with Gasteiger partial charge in [-0.25, -0.2) is 0 Å². The van der Waals surface area contributed by atoms with Crippen LogP contribution in [0, 0.1) is 0 Å². The van der Waals surface area contributed by atoms with E-state index >= 15 is 0 Å². The molecule has 1 N–H and O–H groups in total. The summed E-state index contributed by atoms with van der Waals surface area (Å²) in [6, 6.07) is 16.9. The lowest BCUT2D eigenvalue weighted by molar-refractivity contribution is 0.0496. The summed E-state index contributed by atoms with van der Waals surface area (Å²) in [5.41, 5.74) is 2.47. The minimum absolute atomic E-state index is 0.206. The van der Waals surface area contributed by atoms with E-state index in [1.165, 1.54) is 11.1 Å². The molecule has 0 aromatic heterocycles. The molecule has 1 fully saturated rings. The predicted molar refractivity (Wildman–Crippen MR) is 121 cm³/mol. The van der Waals surface area contributed by atoms with Crippen LogP contribution in [0.5, 0.6) is 11.5 Å². The Morgan fingerprint density at radius 3 is 2.60 bits per heavy atom. The van der Waals surface area contributed by atoms with Crippen LogP contribution in [0.1, 0.15) is 24.5 Å². The maximum absolute atomic E-state index is 9.62. The third-order valence-corrected chi connectivity index (χ3v) is 5.49. The number of ether oxygens (including phenoxy) is 2. The topological polar surface area (TPSA) is 45.2 Å². The summed E-state index contributed by atoms with van der Waals surface area (Å²) in [5.74, 6) is 1.84. The van der Waals surface area contributed by atoms with Crippen molar-refractivity contribution < 1.29 is 14.6 Å². The van der Waals surface area contributed by atoms with Gasteiger partial charge in [0, 0.05) is 50.9 Å². The minimum atomic E-state index is 0.206. The highest BCUT2D eigenvalue weighted by molar-refractivity contribution is 5.33. The molecule has 1 aliphatic rings. The molecule has 0 unspecified atom stereocenters. The van der Waals surface area contributed by atoms with E-state index in [2.05, 4.69) is 40.6 Å². The standard InChI is InChI=1S/C25H34N2O3/c1-3-17-30-25-8-6-5-7-22(25)19-26-14-15-27(23(20-26)13-16-28)18-21-9-11-24(12-10-21)29-4-2/h3,5-12,23,28H,1,4,13-20H2,2H3/t23-/m1/s1. The molecule has 0 aliphatic carbocycles. The van der Waals surface area contributed by atoms with Gasteiger partial charge >= 0.3 is 0 Å². The van der Waals surface area contributed by atoms with Crippen LogP contribution < -0.4 is 9.47 Å². The molecular weight excluding hydrogens is 376 g/mol. The Labute approximate surface area is 180 Å². The molecule has 2 aromatic carbocycles. The Kier molecular flexibility index (Phi) is 8.75. The second-order valence-corrected chi connectivity index (χ2v) is 7.66. The molecule has 162 valence electrons. The Balaban J connectivity index is 1.61. The van der Waals surface area contributed by atoms with Gasteiger partial charge in [-0.1, -0.05) is 43.0 Å². The van der Waals surface area contributed by atoms with Crippen molar-refractivity contribution in [2.45, 2.75) is 32.5 Å². The Morgan fingerprint density at radius 1 is 1.07 bits per heavy atom. The van der Waals surface area contributed by atoms with Crippen LogP contribution in [0.25, 0.3) is 0 Å². The van der Waals surface area contributed by atoms with E-state index in [4.69, 9.17) is 9.47 Å². The lowest BCUT2D eigenvalue weighted by Gasteiger charge is -2.41. The van der Waals surface area contributed by atoms with Crippen LogP contribution in [0.15, 0.2) is 61.2 Å². The minimum Gasteiger partial charge on any atom is -0.494 e. The fourth-order valence-corrected chi connectivity index (χ4v) is 3.99. The van der Waals surface area contributed by atoms with Crippen molar-refractivity contribution in [2.75, 3.05) is 39.5 Å². The van der Waals surface area contributed by atoms with Crippen LogP contribution in [-0.4, -0.2) is 60.4 Å². The SMILES string of the molecule is C=CCOc1ccccc1CN1CCN(Cc2ccc(OCC)cc2)[C@H](CCO)C1. The van der Waals surface area contributed by atoms with Gasteiger partial charge in [0.15, 0.2) is 0 Å². The summed E-state index contributed by atoms with van der Waals surface area (Å²) in [7, 11) is 0. The average molecular weight is 411 g/mol. The molecule has 0 spiro atoms. The largest absolute Gasteiger partial charge is 0.494 e. The summed E-state index contributed by atoms with van der Waals surface area (Å²) in [6.45, 7) is 11.8. The van der Waals surface area contributed by atoms with Crippen molar-refractivity contribution in [3.63, 3.8) is 0 Å². The number of hydrogen-bond donors (Lipinski definition) is 1. The molecule has 1 saturated heterocycles. The number of aliphatic hydroxyl groups is 1. The van der Waals surface area contributed by atoms with Gasteiger partial charge in [0.25, 0.3) is 0 Å². The zero-order valence-electron chi connectivity index (χ0n) is 18.0. The molecule has 0 saturated carbocycles. The van der Waals surface area contributed by atoms with Gasteiger partial charge in [-0.15, -0.1) is 0 Å². The first-order chi connectivity index (χ1) is 14.7. The van der Waals surface area contributed by atoms with Crippen molar-refractivity contribution in [1.29, 1.82) is 0 Å². The first kappa shape index (κ1) is 22.3. The molecule has 5 heteroatoms. The summed E-state index contributed by atoms with van der Waals surface area (Å²) in [5, 5.41) is 9.62. The lowest BCUT2D eigenvalue weighted by Crippen LogP contribution is -2.52. The molecular formula is C25H34N2O3. The lowest BCUT2D eigenvalue weighted by atomic mass is 10.1. The number of benzene rings is 2. The number of para-hydroxylation sites is 1. The molecule has 0 amide bonds. The van der Waals surface area contributed by atoms with Crippen molar-refractivity contribution >= 4 is 0 Å². The van der Waals surface area contributed by atoms with Gasteiger partial charge in [0.1, 0.15) is 18.1 Å². The number of nitrogens with zero attached hydrogens (tertiary/aromatic N) is 2. The highest BCUT2D eigenvalue weighted by Gasteiger charge is 2.27. The van der Waals surface area contributed by atoms with Gasteiger partial charge in [-0.3, -0.25) is 9.80 Å². The fourth-order valence-electron chi connectivity index (χ4n) is 3.99. The van der Waals surface area contributed by atoms with Gasteiger partial charge in [0.2, 0.25) is 0 Å². The van der Waals surface area contributed by atoms with Crippen LogP contribution >= 0.6 is 0 Å². The number of rotatable bonds is 11. The predicted octanol–water partition coefficient (Wildman–Crippen LogP) is 3.72. The molecule has 3 rings (SSSR count). The third kappa shape index (κ3) is 6.33. The summed E-state index contributed by atoms with van der Waals surface area (Å²) >= 11 is 0. The molecule has 2 aromatic rings. The molecule has 1 atom stereocenters. The molecule has 30 heavy (non-hydrogen) atoms. The van der Waals surface area contributed by atoms with E-state index in [9.17, 15) is 5.11 Å². The van der Waals surface area contributed by atoms with Crippen molar-refractivity contribution in [2.24, 2.45) is 0 Å². The number of aliphatic hydroxyl groups excluding tert-OH is 1. The highest BCUT2D eigenvalue weighted by atomic mass is 16.5. The Hall–Kier alpha value is -2.34. The Bertz CT molecular complexity index is 778. The smallest absolute Gasteiger partial charge is 0.124 e. The second kappa shape index (κ2) is 11.7. The van der Waals surface area contributed by atoms with E-state index in [-0.39, 0.29) is 6.61 Å². The zero-order valence-corrected chi connectivity index (χ0v) is 18.0. The van der Waals surface area contributed by atoms with E-state index in [1.54, 1.807) is 6.08 Å². The monoisotopic (exact) mass is 410 g/mol. The van der Waals surface area contributed by atoms with Crippen LogP contribution in [0.3, 0.4) is 0 Å². The third-order valence-electron chi connectivity index (χ3n) is 5.49. The summed E-state index contributed by atoms with van der Waals surface area (Å²) in [4.78, 5) is 4.95. The highest BCUT2D eigenvalue weighted by Crippen LogP contribution is 2.23. The normalized spacial score (nSPS) is 17.6. The average Bonchev–Trinajstić information content (AvgIpc) is 2.76. The number of hydrogen-bond acceptors (Lipinski definition) is 5. The zero-order chi connectivity index (χ0) is 21.2. The van der Waals surface area contributed by atoms with Crippen LogP contribution in [-0.2, 0) is 13.1 Å². The number of piperazine rings is 1. The van der Waals surface area contributed by atoms with Crippen LogP contribution in [0.4, 0.5) is 0 Å². The second-order valence-electron chi connectivity index (χ2n) is 7.66. The van der Waals surface area contributed by atoms with E-state index < -0.39 is 0 Å². The van der Waals surface area contributed by atoms with E-state index in [0.717, 1.165) is 50.6 Å². The fraction of sp³-hybridized carbons (Fsp3) is 0.440. The van der Waals surface area contributed by atoms with Gasteiger partial charge < -0.3 is 14.6 Å². The first-order valence-electron chi connectivity index (χ1n) is 10.8. The molecule has 1 heterocycles. The first-order valence-corrected chi connectivity index (χ1v) is 10.8. The Morgan fingerprint density at radius 2 is 1.87 bits per heavy atom. The van der Waals surface area contributed by atoms with Gasteiger partial charge in [0.05, 0.1) is 6.61 Å². The summed E-state index contributed by atoms with van der Waals surface area (Å²) < 4.78 is 11.4. The molecule has 0 bridgehead atoms. The maximum atomic E-state index is 9.62. The maximum Gasteiger partial charge on any atom is 0.124 e. The van der Waals surface area contributed by atoms with Crippen molar-refractivity contribution in [1.82, 2.24) is 9.80 Å².